The zero-order valence-electron chi connectivity index (χ0n) is 14.8. The molecule has 1 aliphatic rings. The topological polar surface area (TPSA) is 88.5 Å². The highest BCUT2D eigenvalue weighted by molar-refractivity contribution is 6.04. The average molecular weight is 357 g/mol. The van der Waals surface area contributed by atoms with Crippen LogP contribution in [0.4, 0.5) is 5.82 Å². The van der Waals surface area contributed by atoms with Crippen molar-refractivity contribution < 1.29 is 14.3 Å². The molecule has 1 aromatic carbocycles. The number of hydrogen-bond acceptors (Lipinski definition) is 5. The molecule has 0 bridgehead atoms. The molecule has 1 aliphatic heterocycles. The number of anilines is 1. The van der Waals surface area contributed by atoms with Gasteiger partial charge in [-0.25, -0.2) is 0 Å². The van der Waals surface area contributed by atoms with Gasteiger partial charge in [0.05, 0.1) is 13.2 Å². The molecule has 8 heteroatoms. The van der Waals surface area contributed by atoms with E-state index in [1.807, 2.05) is 6.07 Å². The molecule has 2 heterocycles. The summed E-state index contributed by atoms with van der Waals surface area (Å²) in [6.07, 6.45) is 0. The highest BCUT2D eigenvalue weighted by Gasteiger charge is 2.16. The van der Waals surface area contributed by atoms with Gasteiger partial charge < -0.3 is 15.4 Å². The predicted molar refractivity (Wildman–Crippen MR) is 97.2 cm³/mol. The van der Waals surface area contributed by atoms with Crippen LogP contribution >= 0.6 is 0 Å². The normalized spacial score (nSPS) is 14.8. The quantitative estimate of drug-likeness (QED) is 0.796. The summed E-state index contributed by atoms with van der Waals surface area (Å²) in [5.74, 6) is -0.0286. The summed E-state index contributed by atoms with van der Waals surface area (Å²) in [6, 6.07) is 10.5. The summed E-state index contributed by atoms with van der Waals surface area (Å²) >= 11 is 0. The summed E-state index contributed by atoms with van der Waals surface area (Å²) in [7, 11) is 1.69. The Morgan fingerprint density at radius 3 is 2.62 bits per heavy atom. The minimum Gasteiger partial charge on any atom is -0.379 e. The fourth-order valence-electron chi connectivity index (χ4n) is 2.72. The van der Waals surface area contributed by atoms with Crippen LogP contribution in [-0.2, 0) is 11.8 Å². The first-order valence-corrected chi connectivity index (χ1v) is 8.62. The van der Waals surface area contributed by atoms with Gasteiger partial charge in [0.25, 0.3) is 11.8 Å². The van der Waals surface area contributed by atoms with Gasteiger partial charge in [0.2, 0.25) is 0 Å². The van der Waals surface area contributed by atoms with Crippen molar-refractivity contribution in [3.63, 3.8) is 0 Å². The number of rotatable bonds is 6. The molecule has 26 heavy (non-hydrogen) atoms. The number of benzene rings is 1. The smallest absolute Gasteiger partial charge is 0.271 e. The van der Waals surface area contributed by atoms with Gasteiger partial charge in [-0.15, -0.1) is 0 Å². The number of aryl methyl sites for hydroxylation is 1. The van der Waals surface area contributed by atoms with Gasteiger partial charge in [-0.2, -0.15) is 5.10 Å². The van der Waals surface area contributed by atoms with Crippen molar-refractivity contribution in [2.75, 3.05) is 44.7 Å². The van der Waals surface area contributed by atoms with Crippen molar-refractivity contribution in [3.8, 4) is 0 Å². The first kappa shape index (κ1) is 18.1. The molecular formula is C18H23N5O3. The van der Waals surface area contributed by atoms with Gasteiger partial charge in [-0.3, -0.25) is 19.2 Å². The molecule has 0 spiro atoms. The Bertz CT molecular complexity index is 753. The van der Waals surface area contributed by atoms with E-state index in [0.717, 1.165) is 32.8 Å². The second kappa shape index (κ2) is 8.59. The van der Waals surface area contributed by atoms with Crippen molar-refractivity contribution in [1.82, 2.24) is 20.0 Å². The molecule has 1 aromatic heterocycles. The van der Waals surface area contributed by atoms with Crippen LogP contribution in [0.2, 0.25) is 0 Å². The monoisotopic (exact) mass is 357 g/mol. The summed E-state index contributed by atoms with van der Waals surface area (Å²) in [5.41, 5.74) is 0.822. The maximum absolute atomic E-state index is 12.3. The zero-order valence-corrected chi connectivity index (χ0v) is 14.8. The fourth-order valence-corrected chi connectivity index (χ4v) is 2.72. The second-order valence-corrected chi connectivity index (χ2v) is 6.07. The molecule has 1 fully saturated rings. The molecule has 3 rings (SSSR count). The van der Waals surface area contributed by atoms with Crippen LogP contribution in [0, 0.1) is 0 Å². The Kier molecular flexibility index (Phi) is 5.98. The lowest BCUT2D eigenvalue weighted by Crippen LogP contribution is -2.41. The molecular weight excluding hydrogens is 334 g/mol. The van der Waals surface area contributed by atoms with E-state index in [1.54, 1.807) is 37.4 Å². The van der Waals surface area contributed by atoms with Crippen LogP contribution in [0.3, 0.4) is 0 Å². The number of morpholine rings is 1. The SMILES string of the molecule is Cn1nc(C(=O)NCCN2CCOCC2)cc1NC(=O)c1ccccc1. The lowest BCUT2D eigenvalue weighted by molar-refractivity contribution is 0.0383. The molecule has 1 saturated heterocycles. The van der Waals surface area contributed by atoms with Crippen LogP contribution in [0.25, 0.3) is 0 Å². The van der Waals surface area contributed by atoms with E-state index in [1.165, 1.54) is 4.68 Å². The number of nitrogens with one attached hydrogen (secondary N) is 2. The third kappa shape index (κ3) is 4.68. The number of carbonyl (C=O) groups is 2. The number of amides is 2. The van der Waals surface area contributed by atoms with E-state index in [-0.39, 0.29) is 17.5 Å². The highest BCUT2D eigenvalue weighted by atomic mass is 16.5. The maximum Gasteiger partial charge on any atom is 0.271 e. The molecule has 2 amide bonds. The van der Waals surface area contributed by atoms with Crippen molar-refractivity contribution in [2.45, 2.75) is 0 Å². The second-order valence-electron chi connectivity index (χ2n) is 6.07. The number of hydrogen-bond donors (Lipinski definition) is 2. The number of carbonyl (C=O) groups excluding carboxylic acids is 2. The summed E-state index contributed by atoms with van der Waals surface area (Å²) in [5, 5.41) is 9.81. The Morgan fingerprint density at radius 2 is 1.88 bits per heavy atom. The van der Waals surface area contributed by atoms with Crippen LogP contribution in [0.5, 0.6) is 0 Å². The predicted octanol–water partition coefficient (Wildman–Crippen LogP) is 0.734. The Balaban J connectivity index is 1.53. The summed E-state index contributed by atoms with van der Waals surface area (Å²) in [6.45, 7) is 4.56. The largest absolute Gasteiger partial charge is 0.379 e. The summed E-state index contributed by atoms with van der Waals surface area (Å²) < 4.78 is 6.78. The third-order valence-electron chi connectivity index (χ3n) is 4.21. The van der Waals surface area contributed by atoms with Gasteiger partial charge in [-0.05, 0) is 12.1 Å². The van der Waals surface area contributed by atoms with Crippen LogP contribution < -0.4 is 10.6 Å². The molecule has 138 valence electrons. The lowest BCUT2D eigenvalue weighted by atomic mass is 10.2. The standard InChI is InChI=1S/C18H23N5O3/c1-22-16(20-17(24)14-5-3-2-4-6-14)13-15(21-22)18(25)19-7-8-23-9-11-26-12-10-23/h2-6,13H,7-12H2,1H3,(H,19,25)(H,20,24). The van der Waals surface area contributed by atoms with Crippen LogP contribution in [0.1, 0.15) is 20.8 Å². The third-order valence-corrected chi connectivity index (χ3v) is 4.21. The van der Waals surface area contributed by atoms with Crippen molar-refractivity contribution in [1.29, 1.82) is 0 Å². The maximum atomic E-state index is 12.3. The highest BCUT2D eigenvalue weighted by Crippen LogP contribution is 2.11. The fraction of sp³-hybridized carbons (Fsp3) is 0.389. The van der Waals surface area contributed by atoms with E-state index in [2.05, 4.69) is 20.6 Å². The molecule has 0 unspecified atom stereocenters. The first-order valence-electron chi connectivity index (χ1n) is 8.62. The molecule has 8 nitrogen and oxygen atoms in total. The van der Waals surface area contributed by atoms with Gasteiger partial charge >= 0.3 is 0 Å². The van der Waals surface area contributed by atoms with E-state index in [4.69, 9.17) is 4.74 Å². The van der Waals surface area contributed by atoms with E-state index < -0.39 is 0 Å². The summed E-state index contributed by atoms with van der Waals surface area (Å²) in [4.78, 5) is 26.7. The molecule has 2 N–H and O–H groups in total. The molecule has 0 atom stereocenters. The lowest BCUT2D eigenvalue weighted by Gasteiger charge is -2.26. The van der Waals surface area contributed by atoms with Crippen LogP contribution in [0.15, 0.2) is 36.4 Å². The van der Waals surface area contributed by atoms with Crippen molar-refractivity contribution in [2.24, 2.45) is 7.05 Å². The van der Waals surface area contributed by atoms with Gasteiger partial charge in [0, 0.05) is 44.9 Å². The molecule has 0 aliphatic carbocycles. The minimum absolute atomic E-state index is 0.243. The Morgan fingerprint density at radius 1 is 1.15 bits per heavy atom. The number of ether oxygens (including phenoxy) is 1. The molecule has 2 aromatic rings. The van der Waals surface area contributed by atoms with Gasteiger partial charge in [0.1, 0.15) is 5.82 Å². The molecule has 0 radical (unpaired) electrons. The minimum atomic E-state index is -0.255. The van der Waals surface area contributed by atoms with E-state index in [0.29, 0.717) is 17.9 Å². The molecule has 0 saturated carbocycles. The number of nitrogens with zero attached hydrogens (tertiary/aromatic N) is 3. The zero-order chi connectivity index (χ0) is 18.4. The first-order chi connectivity index (χ1) is 12.6. The van der Waals surface area contributed by atoms with Gasteiger partial charge in [0.15, 0.2) is 5.69 Å². The van der Waals surface area contributed by atoms with Crippen LogP contribution in [-0.4, -0.2) is 65.9 Å². The van der Waals surface area contributed by atoms with Gasteiger partial charge in [-0.1, -0.05) is 18.2 Å². The van der Waals surface area contributed by atoms with E-state index in [9.17, 15) is 9.59 Å². The number of aromatic nitrogens is 2. The van der Waals surface area contributed by atoms with Crippen molar-refractivity contribution >= 4 is 17.6 Å². The Hall–Kier alpha value is -2.71. The van der Waals surface area contributed by atoms with E-state index >= 15 is 0 Å². The Labute approximate surface area is 152 Å². The van der Waals surface area contributed by atoms with Crippen molar-refractivity contribution in [3.05, 3.63) is 47.7 Å². The average Bonchev–Trinajstić information content (AvgIpc) is 3.04.